The Bertz CT molecular complexity index is 1070. The molecule has 2 heterocycles. The molecule has 0 unspecified atom stereocenters. The van der Waals surface area contributed by atoms with E-state index in [9.17, 15) is 9.59 Å². The Morgan fingerprint density at radius 3 is 2.66 bits per heavy atom. The molecule has 4 rings (SSSR count). The van der Waals surface area contributed by atoms with E-state index in [1.807, 2.05) is 41.8 Å². The zero-order valence-corrected chi connectivity index (χ0v) is 19.7. The number of thiazole rings is 1. The van der Waals surface area contributed by atoms with Crippen LogP contribution in [0.4, 0.5) is 5.69 Å². The number of hydrogen-bond acceptors (Lipinski definition) is 7. The second kappa shape index (κ2) is 10.8. The van der Waals surface area contributed by atoms with Gasteiger partial charge in [-0.1, -0.05) is 29.8 Å². The molecule has 1 aliphatic rings. The van der Waals surface area contributed by atoms with E-state index in [2.05, 4.69) is 9.88 Å². The largest absolute Gasteiger partial charge is 0.452 e. The molecular formula is C23H22ClN3O3S2. The zero-order chi connectivity index (χ0) is 22.3. The third kappa shape index (κ3) is 5.82. The number of benzene rings is 2. The maximum absolute atomic E-state index is 12.6. The second-order valence-electron chi connectivity index (χ2n) is 7.19. The lowest BCUT2D eigenvalue weighted by Gasteiger charge is -2.36. The molecule has 0 atom stereocenters. The van der Waals surface area contributed by atoms with Crippen LogP contribution in [0.1, 0.15) is 16.1 Å². The summed E-state index contributed by atoms with van der Waals surface area (Å²) in [5, 5.41) is 2.68. The number of esters is 1. The van der Waals surface area contributed by atoms with Gasteiger partial charge in [-0.3, -0.25) is 4.79 Å². The number of nitrogens with zero attached hydrogens (tertiary/aromatic N) is 3. The van der Waals surface area contributed by atoms with Gasteiger partial charge in [-0.15, -0.1) is 23.1 Å². The highest BCUT2D eigenvalue weighted by Crippen LogP contribution is 2.27. The van der Waals surface area contributed by atoms with Crippen LogP contribution in [0.2, 0.25) is 5.02 Å². The van der Waals surface area contributed by atoms with Gasteiger partial charge in [-0.05, 0) is 30.3 Å². The Kier molecular flexibility index (Phi) is 7.68. The first kappa shape index (κ1) is 22.6. The summed E-state index contributed by atoms with van der Waals surface area (Å²) in [7, 11) is 0. The number of rotatable bonds is 7. The standard InChI is InChI=1S/C23H22ClN3O3S2/c24-17-4-3-5-19(12-17)26-8-10-27(11-9-26)22(28)13-30-23(29)20-6-1-2-7-21(20)32-15-18-14-31-16-25-18/h1-7,12,14,16H,8-11,13,15H2. The summed E-state index contributed by atoms with van der Waals surface area (Å²) in [6.45, 7) is 2.29. The van der Waals surface area contributed by atoms with Crippen molar-refractivity contribution in [1.82, 2.24) is 9.88 Å². The van der Waals surface area contributed by atoms with Gasteiger partial charge >= 0.3 is 5.97 Å². The highest BCUT2D eigenvalue weighted by Gasteiger charge is 2.23. The first-order chi connectivity index (χ1) is 15.6. The van der Waals surface area contributed by atoms with Crippen molar-refractivity contribution in [1.29, 1.82) is 0 Å². The number of anilines is 1. The van der Waals surface area contributed by atoms with Gasteiger partial charge in [0.05, 0.1) is 16.8 Å². The predicted molar refractivity (Wildman–Crippen MR) is 129 cm³/mol. The van der Waals surface area contributed by atoms with E-state index in [0.29, 0.717) is 42.5 Å². The number of aromatic nitrogens is 1. The van der Waals surface area contributed by atoms with E-state index in [0.717, 1.165) is 16.3 Å². The van der Waals surface area contributed by atoms with Gasteiger partial charge in [0.15, 0.2) is 6.61 Å². The fourth-order valence-electron chi connectivity index (χ4n) is 3.40. The number of amides is 1. The van der Waals surface area contributed by atoms with Crippen molar-refractivity contribution in [2.24, 2.45) is 0 Å². The van der Waals surface area contributed by atoms with Crippen molar-refractivity contribution in [2.75, 3.05) is 37.7 Å². The molecule has 32 heavy (non-hydrogen) atoms. The van der Waals surface area contributed by atoms with Crippen molar-refractivity contribution in [3.8, 4) is 0 Å². The monoisotopic (exact) mass is 487 g/mol. The first-order valence-corrected chi connectivity index (χ1v) is 12.4. The zero-order valence-electron chi connectivity index (χ0n) is 17.3. The van der Waals surface area contributed by atoms with Gasteiger partial charge in [0, 0.05) is 52.9 Å². The molecule has 1 aromatic heterocycles. The number of ether oxygens (including phenoxy) is 1. The van der Waals surface area contributed by atoms with Crippen molar-refractivity contribution < 1.29 is 14.3 Å². The molecule has 6 nitrogen and oxygen atoms in total. The van der Waals surface area contributed by atoms with E-state index >= 15 is 0 Å². The van der Waals surface area contributed by atoms with Crippen LogP contribution in [0.15, 0.2) is 64.3 Å². The molecule has 0 bridgehead atoms. The van der Waals surface area contributed by atoms with E-state index < -0.39 is 5.97 Å². The van der Waals surface area contributed by atoms with E-state index in [1.54, 1.807) is 33.9 Å². The molecule has 1 saturated heterocycles. The summed E-state index contributed by atoms with van der Waals surface area (Å²) in [4.78, 5) is 34.2. The Hall–Kier alpha value is -2.55. The Labute approximate surface area is 200 Å². The van der Waals surface area contributed by atoms with E-state index in [-0.39, 0.29) is 12.5 Å². The summed E-state index contributed by atoms with van der Waals surface area (Å²) in [6.07, 6.45) is 0. The summed E-state index contributed by atoms with van der Waals surface area (Å²) >= 11 is 9.15. The molecule has 0 spiro atoms. The normalized spacial score (nSPS) is 13.8. The summed E-state index contributed by atoms with van der Waals surface area (Å²) < 4.78 is 5.36. The lowest BCUT2D eigenvalue weighted by Crippen LogP contribution is -2.49. The highest BCUT2D eigenvalue weighted by atomic mass is 35.5. The third-order valence-electron chi connectivity index (χ3n) is 5.10. The molecule has 1 aliphatic heterocycles. The van der Waals surface area contributed by atoms with Gasteiger partial charge in [0.2, 0.25) is 0 Å². The van der Waals surface area contributed by atoms with Gasteiger partial charge in [0.25, 0.3) is 5.91 Å². The summed E-state index contributed by atoms with van der Waals surface area (Å²) in [6, 6.07) is 15.0. The number of thioether (sulfide) groups is 1. The molecule has 0 saturated carbocycles. The molecular weight excluding hydrogens is 466 g/mol. The number of carbonyl (C=O) groups is 2. The van der Waals surface area contributed by atoms with Gasteiger partial charge in [0.1, 0.15) is 0 Å². The SMILES string of the molecule is O=C(OCC(=O)N1CCN(c2cccc(Cl)c2)CC1)c1ccccc1SCc1cscn1. The van der Waals surface area contributed by atoms with Crippen LogP contribution in [-0.4, -0.2) is 54.5 Å². The number of hydrogen-bond donors (Lipinski definition) is 0. The average Bonchev–Trinajstić information content (AvgIpc) is 3.35. The average molecular weight is 488 g/mol. The van der Waals surface area contributed by atoms with Gasteiger partial charge in [-0.2, -0.15) is 0 Å². The Morgan fingerprint density at radius 1 is 1.09 bits per heavy atom. The molecule has 1 fully saturated rings. The topological polar surface area (TPSA) is 62.7 Å². The first-order valence-electron chi connectivity index (χ1n) is 10.1. The highest BCUT2D eigenvalue weighted by molar-refractivity contribution is 7.98. The van der Waals surface area contributed by atoms with Crippen molar-refractivity contribution in [2.45, 2.75) is 10.6 Å². The van der Waals surface area contributed by atoms with Crippen LogP contribution in [0.3, 0.4) is 0 Å². The fraction of sp³-hybridized carbons (Fsp3) is 0.261. The van der Waals surface area contributed by atoms with Crippen LogP contribution in [0.25, 0.3) is 0 Å². The molecule has 9 heteroatoms. The number of carbonyl (C=O) groups excluding carboxylic acids is 2. The predicted octanol–water partition coefficient (Wildman–Crippen LogP) is 4.59. The van der Waals surface area contributed by atoms with E-state index in [1.165, 1.54) is 11.8 Å². The van der Waals surface area contributed by atoms with Crippen LogP contribution in [-0.2, 0) is 15.3 Å². The van der Waals surface area contributed by atoms with Crippen LogP contribution >= 0.6 is 34.7 Å². The molecule has 0 radical (unpaired) electrons. The smallest absolute Gasteiger partial charge is 0.339 e. The van der Waals surface area contributed by atoms with Crippen LogP contribution in [0, 0.1) is 0 Å². The molecule has 3 aromatic rings. The summed E-state index contributed by atoms with van der Waals surface area (Å²) in [5.41, 5.74) is 4.26. The fourth-order valence-corrected chi connectivity index (χ4v) is 5.20. The quantitative estimate of drug-likeness (QED) is 0.358. The minimum absolute atomic E-state index is 0.184. The Balaban J connectivity index is 1.28. The lowest BCUT2D eigenvalue weighted by atomic mass is 10.2. The summed E-state index contributed by atoms with van der Waals surface area (Å²) in [5.74, 6) is -0.00196. The number of piperazine rings is 1. The van der Waals surface area contributed by atoms with E-state index in [4.69, 9.17) is 16.3 Å². The third-order valence-corrected chi connectivity index (χ3v) is 7.08. The molecule has 166 valence electrons. The van der Waals surface area contributed by atoms with Crippen molar-refractivity contribution in [3.63, 3.8) is 0 Å². The van der Waals surface area contributed by atoms with Crippen molar-refractivity contribution in [3.05, 3.63) is 75.7 Å². The molecule has 0 aliphatic carbocycles. The molecule has 2 aromatic carbocycles. The maximum atomic E-state index is 12.6. The maximum Gasteiger partial charge on any atom is 0.339 e. The van der Waals surface area contributed by atoms with Crippen molar-refractivity contribution >= 4 is 52.3 Å². The minimum atomic E-state index is -0.489. The van der Waals surface area contributed by atoms with Gasteiger partial charge in [-0.25, -0.2) is 9.78 Å². The molecule has 0 N–H and O–H groups in total. The Morgan fingerprint density at radius 2 is 1.91 bits per heavy atom. The molecule has 1 amide bonds. The van der Waals surface area contributed by atoms with Crippen LogP contribution < -0.4 is 4.90 Å². The number of halogens is 1. The second-order valence-corrected chi connectivity index (χ2v) is 9.36. The minimum Gasteiger partial charge on any atom is -0.452 e. The van der Waals surface area contributed by atoms with Crippen LogP contribution in [0.5, 0.6) is 0 Å². The lowest BCUT2D eigenvalue weighted by molar-refractivity contribution is -0.134. The van der Waals surface area contributed by atoms with Gasteiger partial charge < -0.3 is 14.5 Å².